The lowest BCUT2D eigenvalue weighted by Gasteiger charge is -1.97. The Morgan fingerprint density at radius 1 is 1.46 bits per heavy atom. The molecule has 1 rings (SSSR count). The lowest BCUT2D eigenvalue weighted by atomic mass is 10.2. The van der Waals surface area contributed by atoms with Gasteiger partial charge in [0, 0.05) is 0 Å². The molecule has 0 aliphatic carbocycles. The molecule has 0 amide bonds. The van der Waals surface area contributed by atoms with Crippen molar-refractivity contribution in [2.45, 2.75) is 4.90 Å². The minimum absolute atomic E-state index is 0.0422. The van der Waals surface area contributed by atoms with Crippen LogP contribution < -0.4 is 0 Å². The fourth-order valence-corrected chi connectivity index (χ4v) is 1.72. The zero-order valence-electron chi connectivity index (χ0n) is 6.16. The Bertz CT molecular complexity index is 478. The summed E-state index contributed by atoms with van der Waals surface area (Å²) >= 11 is 5.41. The monoisotopic (exact) mass is 219 g/mol. The maximum absolute atomic E-state index is 12.5. The molecule has 0 heterocycles. The number of benzene rings is 1. The topological polar surface area (TPSA) is 57.9 Å². The van der Waals surface area contributed by atoms with Crippen molar-refractivity contribution in [2.75, 3.05) is 0 Å². The number of nitriles is 1. The van der Waals surface area contributed by atoms with E-state index >= 15 is 0 Å². The predicted molar refractivity (Wildman–Crippen MR) is 44.5 cm³/mol. The van der Waals surface area contributed by atoms with Crippen LogP contribution in [0.3, 0.4) is 0 Å². The van der Waals surface area contributed by atoms with Gasteiger partial charge in [-0.05, 0) is 18.2 Å². The third-order valence-electron chi connectivity index (χ3n) is 1.32. The van der Waals surface area contributed by atoms with Gasteiger partial charge in [0.2, 0.25) is 0 Å². The van der Waals surface area contributed by atoms with Crippen LogP contribution >= 0.6 is 11.6 Å². The Morgan fingerprint density at radius 2 is 2.08 bits per heavy atom. The molecule has 6 heteroatoms. The van der Waals surface area contributed by atoms with E-state index in [4.69, 9.17) is 16.9 Å². The summed E-state index contributed by atoms with van der Waals surface area (Å²) < 4.78 is 33.4. The van der Waals surface area contributed by atoms with E-state index in [1.54, 1.807) is 6.07 Å². The van der Waals surface area contributed by atoms with Gasteiger partial charge >= 0.3 is 10.2 Å². The maximum Gasteiger partial charge on any atom is 0.333 e. The summed E-state index contributed by atoms with van der Waals surface area (Å²) in [7, 11) is -4.85. The second-order valence-electron chi connectivity index (χ2n) is 2.19. The standard InChI is InChI=1S/C7H3ClFNO2S/c8-6-2-1-5(4-10)3-7(6)13(9,11)12/h1-3H. The molecule has 0 saturated carbocycles. The Hall–Kier alpha value is -1.12. The normalized spacial score (nSPS) is 10.8. The van der Waals surface area contributed by atoms with Crippen LogP contribution in [0, 0.1) is 11.3 Å². The molecule has 0 N–H and O–H groups in total. The van der Waals surface area contributed by atoms with E-state index in [2.05, 4.69) is 0 Å². The van der Waals surface area contributed by atoms with Crippen LogP contribution in [0.5, 0.6) is 0 Å². The first-order valence-corrected chi connectivity index (χ1v) is 4.85. The van der Waals surface area contributed by atoms with E-state index in [-0.39, 0.29) is 10.6 Å². The smallest absolute Gasteiger partial charge is 0.192 e. The molecule has 0 aliphatic rings. The molecule has 0 spiro atoms. The Morgan fingerprint density at radius 3 is 2.54 bits per heavy atom. The zero-order chi connectivity index (χ0) is 10.1. The van der Waals surface area contributed by atoms with E-state index in [0.717, 1.165) is 12.1 Å². The van der Waals surface area contributed by atoms with Crippen LogP contribution in [0.25, 0.3) is 0 Å². The first-order valence-electron chi connectivity index (χ1n) is 3.09. The minimum Gasteiger partial charge on any atom is -0.192 e. The van der Waals surface area contributed by atoms with E-state index in [0.29, 0.717) is 0 Å². The first kappa shape index (κ1) is 9.96. The lowest BCUT2D eigenvalue weighted by Crippen LogP contribution is -1.93. The van der Waals surface area contributed by atoms with Gasteiger partial charge in [0.1, 0.15) is 4.90 Å². The van der Waals surface area contributed by atoms with Crippen molar-refractivity contribution < 1.29 is 12.3 Å². The third-order valence-corrected chi connectivity index (χ3v) is 2.63. The van der Waals surface area contributed by atoms with Gasteiger partial charge in [-0.2, -0.15) is 13.7 Å². The molecule has 68 valence electrons. The van der Waals surface area contributed by atoms with Crippen LogP contribution in [0.1, 0.15) is 5.56 Å². The van der Waals surface area contributed by atoms with Crippen molar-refractivity contribution >= 4 is 21.8 Å². The second kappa shape index (κ2) is 3.32. The maximum atomic E-state index is 12.5. The van der Waals surface area contributed by atoms with Crippen LogP contribution in [-0.4, -0.2) is 8.42 Å². The first-order chi connectivity index (χ1) is 5.95. The molecule has 0 unspecified atom stereocenters. The molecular weight excluding hydrogens is 217 g/mol. The van der Waals surface area contributed by atoms with Gasteiger partial charge in [-0.15, -0.1) is 3.89 Å². The van der Waals surface area contributed by atoms with Crippen molar-refractivity contribution in [1.82, 2.24) is 0 Å². The Labute approximate surface area is 79.6 Å². The predicted octanol–water partition coefficient (Wildman–Crippen LogP) is 1.87. The molecule has 1 aromatic carbocycles. The van der Waals surface area contributed by atoms with E-state index in [1.165, 1.54) is 6.07 Å². The summed E-state index contributed by atoms with van der Waals surface area (Å²) in [6, 6.07) is 5.03. The van der Waals surface area contributed by atoms with E-state index in [1.807, 2.05) is 0 Å². The molecule has 1 aromatic rings. The van der Waals surface area contributed by atoms with Gasteiger partial charge in [-0.3, -0.25) is 0 Å². The molecule has 0 atom stereocenters. The molecule has 3 nitrogen and oxygen atoms in total. The number of hydrogen-bond donors (Lipinski definition) is 0. The summed E-state index contributed by atoms with van der Waals surface area (Å²) in [5.74, 6) is 0. The average molecular weight is 220 g/mol. The van der Waals surface area contributed by atoms with Crippen molar-refractivity contribution in [2.24, 2.45) is 0 Å². The fourth-order valence-electron chi connectivity index (χ4n) is 0.760. The number of nitrogens with zero attached hydrogens (tertiary/aromatic N) is 1. The molecular formula is C7H3ClFNO2S. The minimum atomic E-state index is -4.85. The van der Waals surface area contributed by atoms with Gasteiger partial charge < -0.3 is 0 Å². The Balaban J connectivity index is 3.47. The number of rotatable bonds is 1. The quantitative estimate of drug-likeness (QED) is 0.678. The third kappa shape index (κ3) is 2.17. The highest BCUT2D eigenvalue weighted by atomic mass is 35.5. The van der Waals surface area contributed by atoms with Crippen LogP contribution in [-0.2, 0) is 10.2 Å². The van der Waals surface area contributed by atoms with Gasteiger partial charge in [-0.25, -0.2) is 0 Å². The lowest BCUT2D eigenvalue weighted by molar-refractivity contribution is 0.552. The van der Waals surface area contributed by atoms with Crippen molar-refractivity contribution in [1.29, 1.82) is 5.26 Å². The number of hydrogen-bond acceptors (Lipinski definition) is 3. The highest BCUT2D eigenvalue weighted by molar-refractivity contribution is 7.86. The summed E-state index contributed by atoms with van der Waals surface area (Å²) in [5, 5.41) is 8.17. The van der Waals surface area contributed by atoms with Crippen molar-refractivity contribution in [3.8, 4) is 6.07 Å². The summed E-state index contributed by atoms with van der Waals surface area (Å²) in [5.41, 5.74) is 0.0422. The molecule has 0 fully saturated rings. The second-order valence-corrected chi connectivity index (χ2v) is 3.92. The van der Waals surface area contributed by atoms with Crippen LogP contribution in [0.15, 0.2) is 23.1 Å². The number of halogens is 2. The highest BCUT2D eigenvalue weighted by Gasteiger charge is 2.16. The fraction of sp³-hybridized carbons (Fsp3) is 0. The van der Waals surface area contributed by atoms with Gasteiger partial charge in [-0.1, -0.05) is 11.6 Å². The average Bonchev–Trinajstić information content (AvgIpc) is 2.03. The molecule has 0 aromatic heterocycles. The summed E-state index contributed by atoms with van der Waals surface area (Å²) in [6.07, 6.45) is 0. The molecule has 0 aliphatic heterocycles. The summed E-state index contributed by atoms with van der Waals surface area (Å²) in [6.45, 7) is 0. The molecule has 0 bridgehead atoms. The Kier molecular flexibility index (Phi) is 2.55. The van der Waals surface area contributed by atoms with Crippen LogP contribution in [0.2, 0.25) is 5.02 Å². The molecule has 0 saturated heterocycles. The van der Waals surface area contributed by atoms with Gasteiger partial charge in [0.25, 0.3) is 0 Å². The van der Waals surface area contributed by atoms with E-state index in [9.17, 15) is 12.3 Å². The van der Waals surface area contributed by atoms with E-state index < -0.39 is 15.1 Å². The zero-order valence-corrected chi connectivity index (χ0v) is 7.73. The van der Waals surface area contributed by atoms with Crippen molar-refractivity contribution in [3.63, 3.8) is 0 Å². The molecule has 13 heavy (non-hydrogen) atoms. The summed E-state index contributed by atoms with van der Waals surface area (Å²) in [4.78, 5) is -0.673. The SMILES string of the molecule is N#Cc1ccc(Cl)c(S(=O)(=O)F)c1. The van der Waals surface area contributed by atoms with Gasteiger partial charge in [0.15, 0.2) is 0 Å². The highest BCUT2D eigenvalue weighted by Crippen LogP contribution is 2.23. The van der Waals surface area contributed by atoms with Crippen LogP contribution in [0.4, 0.5) is 3.89 Å². The van der Waals surface area contributed by atoms with Gasteiger partial charge in [0.05, 0.1) is 16.7 Å². The molecule has 0 radical (unpaired) electrons. The largest absolute Gasteiger partial charge is 0.333 e. The van der Waals surface area contributed by atoms with Crippen molar-refractivity contribution in [3.05, 3.63) is 28.8 Å².